The monoisotopic (exact) mass is 326 g/mol. The standard InChI is InChI=1S/C14H18N2O7/c1-9(2)15(7-14(18)19)13(17)8-23-10-4-5-11(16(20)21)12(6-10)22-3/h4-6,9H,7-8H2,1-3H3,(H,18,19). The summed E-state index contributed by atoms with van der Waals surface area (Å²) in [6.07, 6.45) is 0. The van der Waals surface area contributed by atoms with Gasteiger partial charge in [0.25, 0.3) is 5.91 Å². The van der Waals surface area contributed by atoms with Gasteiger partial charge < -0.3 is 19.5 Å². The summed E-state index contributed by atoms with van der Waals surface area (Å²) in [4.78, 5) is 34.1. The van der Waals surface area contributed by atoms with E-state index in [1.54, 1.807) is 13.8 Å². The lowest BCUT2D eigenvalue weighted by Gasteiger charge is -2.24. The Morgan fingerprint density at radius 2 is 2.04 bits per heavy atom. The molecule has 0 unspecified atom stereocenters. The van der Waals surface area contributed by atoms with Gasteiger partial charge in [-0.1, -0.05) is 0 Å². The van der Waals surface area contributed by atoms with Crippen LogP contribution in [0, 0.1) is 10.1 Å². The maximum atomic E-state index is 12.0. The molecular formula is C14H18N2O7. The van der Waals surface area contributed by atoms with Crippen LogP contribution in [-0.2, 0) is 9.59 Å². The molecule has 1 rings (SSSR count). The molecule has 0 aromatic heterocycles. The molecule has 0 aliphatic carbocycles. The number of nitro benzene ring substituents is 1. The van der Waals surface area contributed by atoms with E-state index in [1.165, 1.54) is 25.3 Å². The summed E-state index contributed by atoms with van der Waals surface area (Å²) >= 11 is 0. The molecule has 0 bridgehead atoms. The Morgan fingerprint density at radius 3 is 2.52 bits per heavy atom. The molecule has 0 heterocycles. The molecule has 23 heavy (non-hydrogen) atoms. The highest BCUT2D eigenvalue weighted by Crippen LogP contribution is 2.30. The van der Waals surface area contributed by atoms with Crippen molar-refractivity contribution in [1.82, 2.24) is 4.90 Å². The van der Waals surface area contributed by atoms with E-state index in [4.69, 9.17) is 14.6 Å². The van der Waals surface area contributed by atoms with Crippen molar-refractivity contribution in [2.75, 3.05) is 20.3 Å². The molecule has 9 nitrogen and oxygen atoms in total. The number of carbonyl (C=O) groups excluding carboxylic acids is 1. The summed E-state index contributed by atoms with van der Waals surface area (Å²) in [5, 5.41) is 19.6. The molecule has 1 amide bonds. The minimum absolute atomic E-state index is 0.00574. The van der Waals surface area contributed by atoms with Crippen molar-refractivity contribution in [2.24, 2.45) is 0 Å². The molecule has 1 N–H and O–H groups in total. The number of carbonyl (C=O) groups is 2. The number of carboxylic acids is 1. The van der Waals surface area contributed by atoms with Crippen LogP contribution >= 0.6 is 0 Å². The predicted molar refractivity (Wildman–Crippen MR) is 79.6 cm³/mol. The largest absolute Gasteiger partial charge is 0.490 e. The van der Waals surface area contributed by atoms with Gasteiger partial charge in [0.2, 0.25) is 5.75 Å². The smallest absolute Gasteiger partial charge is 0.323 e. The first-order chi connectivity index (χ1) is 10.8. The third kappa shape index (κ3) is 5.13. The second-order valence-corrected chi connectivity index (χ2v) is 4.89. The number of rotatable bonds is 8. The third-order valence-electron chi connectivity index (χ3n) is 2.96. The van der Waals surface area contributed by atoms with Crippen LogP contribution in [0.15, 0.2) is 18.2 Å². The summed E-state index contributed by atoms with van der Waals surface area (Å²) in [6, 6.07) is 3.54. The van der Waals surface area contributed by atoms with Gasteiger partial charge in [-0.3, -0.25) is 19.7 Å². The van der Waals surface area contributed by atoms with Gasteiger partial charge >= 0.3 is 11.7 Å². The van der Waals surface area contributed by atoms with Gasteiger partial charge in [0.05, 0.1) is 12.0 Å². The van der Waals surface area contributed by atoms with E-state index in [2.05, 4.69) is 0 Å². The average Bonchev–Trinajstić information content (AvgIpc) is 2.49. The SMILES string of the molecule is COc1cc(OCC(=O)N(CC(=O)O)C(C)C)ccc1[N+](=O)[O-]. The van der Waals surface area contributed by atoms with Crippen molar-refractivity contribution in [1.29, 1.82) is 0 Å². The van der Waals surface area contributed by atoms with Gasteiger partial charge in [0, 0.05) is 18.2 Å². The van der Waals surface area contributed by atoms with Crippen LogP contribution in [-0.4, -0.2) is 53.1 Å². The number of nitrogens with zero attached hydrogens (tertiary/aromatic N) is 2. The Morgan fingerprint density at radius 1 is 1.39 bits per heavy atom. The molecule has 0 saturated carbocycles. The summed E-state index contributed by atoms with van der Waals surface area (Å²) < 4.78 is 10.2. The Balaban J connectivity index is 2.79. The lowest BCUT2D eigenvalue weighted by molar-refractivity contribution is -0.385. The Labute approximate surface area is 132 Å². The van der Waals surface area contributed by atoms with Crippen LogP contribution in [0.4, 0.5) is 5.69 Å². The van der Waals surface area contributed by atoms with E-state index >= 15 is 0 Å². The molecule has 0 spiro atoms. The number of ether oxygens (including phenoxy) is 2. The van der Waals surface area contributed by atoms with E-state index in [-0.39, 0.29) is 29.8 Å². The minimum Gasteiger partial charge on any atom is -0.490 e. The lowest BCUT2D eigenvalue weighted by atomic mass is 10.3. The number of benzene rings is 1. The maximum absolute atomic E-state index is 12.0. The van der Waals surface area contributed by atoms with Crippen molar-refractivity contribution >= 4 is 17.6 Å². The molecule has 126 valence electrons. The normalized spacial score (nSPS) is 10.3. The fraction of sp³-hybridized carbons (Fsp3) is 0.429. The summed E-state index contributed by atoms with van der Waals surface area (Å²) in [5.74, 6) is -1.41. The molecule has 1 aromatic rings. The Kier molecular flexibility index (Phi) is 6.31. The van der Waals surface area contributed by atoms with Crippen molar-refractivity contribution in [2.45, 2.75) is 19.9 Å². The van der Waals surface area contributed by atoms with Crippen LogP contribution < -0.4 is 9.47 Å². The highest BCUT2D eigenvalue weighted by atomic mass is 16.6. The van der Waals surface area contributed by atoms with Gasteiger partial charge in [-0.2, -0.15) is 0 Å². The number of hydrogen-bond acceptors (Lipinski definition) is 6. The summed E-state index contributed by atoms with van der Waals surface area (Å²) in [5.41, 5.74) is -0.221. The lowest BCUT2D eigenvalue weighted by Crippen LogP contribution is -2.43. The maximum Gasteiger partial charge on any atom is 0.323 e. The number of hydrogen-bond donors (Lipinski definition) is 1. The van der Waals surface area contributed by atoms with Gasteiger partial charge in [-0.05, 0) is 19.9 Å². The molecule has 0 saturated heterocycles. The molecule has 9 heteroatoms. The van der Waals surface area contributed by atoms with E-state index in [0.717, 1.165) is 4.90 Å². The predicted octanol–water partition coefficient (Wildman–Crippen LogP) is 1.30. The fourth-order valence-electron chi connectivity index (χ4n) is 1.83. The second kappa shape index (κ2) is 7.97. The fourth-order valence-corrected chi connectivity index (χ4v) is 1.83. The van der Waals surface area contributed by atoms with Crippen molar-refractivity contribution in [3.05, 3.63) is 28.3 Å². The zero-order valence-corrected chi connectivity index (χ0v) is 13.0. The first-order valence-electron chi connectivity index (χ1n) is 6.72. The molecule has 0 fully saturated rings. The van der Waals surface area contributed by atoms with E-state index in [0.29, 0.717) is 0 Å². The molecule has 0 atom stereocenters. The van der Waals surface area contributed by atoms with Gasteiger partial charge in [0.15, 0.2) is 6.61 Å². The molecular weight excluding hydrogens is 308 g/mol. The first-order valence-corrected chi connectivity index (χ1v) is 6.72. The van der Waals surface area contributed by atoms with E-state index < -0.39 is 23.3 Å². The highest BCUT2D eigenvalue weighted by Gasteiger charge is 2.21. The van der Waals surface area contributed by atoms with Crippen LogP contribution in [0.5, 0.6) is 11.5 Å². The second-order valence-electron chi connectivity index (χ2n) is 4.89. The topological polar surface area (TPSA) is 119 Å². The van der Waals surface area contributed by atoms with Crippen LogP contribution in [0.1, 0.15) is 13.8 Å². The Hall–Kier alpha value is -2.84. The number of aliphatic carboxylic acids is 1. The molecule has 0 radical (unpaired) electrons. The average molecular weight is 326 g/mol. The number of carboxylic acid groups (broad SMARTS) is 1. The van der Waals surface area contributed by atoms with E-state index in [1.807, 2.05) is 0 Å². The quantitative estimate of drug-likeness (QED) is 0.565. The summed E-state index contributed by atoms with van der Waals surface area (Å²) in [6.45, 7) is 2.57. The van der Waals surface area contributed by atoms with Crippen molar-refractivity contribution in [3.63, 3.8) is 0 Å². The van der Waals surface area contributed by atoms with E-state index in [9.17, 15) is 19.7 Å². The molecule has 1 aromatic carbocycles. The molecule has 0 aliphatic heterocycles. The third-order valence-corrected chi connectivity index (χ3v) is 2.96. The van der Waals surface area contributed by atoms with Crippen molar-refractivity contribution < 1.29 is 29.1 Å². The highest BCUT2D eigenvalue weighted by molar-refractivity contribution is 5.82. The minimum atomic E-state index is -1.12. The number of amides is 1. The summed E-state index contributed by atoms with van der Waals surface area (Å²) in [7, 11) is 1.28. The zero-order valence-electron chi connectivity index (χ0n) is 13.0. The first kappa shape index (κ1) is 18.2. The van der Waals surface area contributed by atoms with Crippen LogP contribution in [0.2, 0.25) is 0 Å². The van der Waals surface area contributed by atoms with Gasteiger partial charge in [-0.25, -0.2) is 0 Å². The molecule has 0 aliphatic rings. The number of methoxy groups -OCH3 is 1. The van der Waals surface area contributed by atoms with Gasteiger partial charge in [-0.15, -0.1) is 0 Å². The van der Waals surface area contributed by atoms with Crippen molar-refractivity contribution in [3.8, 4) is 11.5 Å². The van der Waals surface area contributed by atoms with Crippen LogP contribution in [0.3, 0.4) is 0 Å². The van der Waals surface area contributed by atoms with Crippen LogP contribution in [0.25, 0.3) is 0 Å². The van der Waals surface area contributed by atoms with Gasteiger partial charge in [0.1, 0.15) is 12.3 Å². The Bertz CT molecular complexity index is 601. The number of nitro groups is 1. The zero-order chi connectivity index (χ0) is 17.6.